The van der Waals surface area contributed by atoms with Gasteiger partial charge in [0.2, 0.25) is 5.52 Å². The minimum absolute atomic E-state index is 1.18. The topological polar surface area (TPSA) is 8.81 Å². The molecule has 0 aliphatic carbocycles. The van der Waals surface area contributed by atoms with Gasteiger partial charge in [0.25, 0.3) is 0 Å². The van der Waals surface area contributed by atoms with Crippen molar-refractivity contribution >= 4 is 38.9 Å². The molecule has 0 N–H and O–H groups in total. The molecule has 7 rings (SSSR count). The van der Waals surface area contributed by atoms with Gasteiger partial charge in [-0.15, -0.1) is 9.36 Å². The molecule has 1 aromatic heterocycles. The normalized spacial score (nSPS) is 11.0. The van der Waals surface area contributed by atoms with Crippen LogP contribution in [-0.4, -0.2) is 10.8 Å². The second-order valence-corrected chi connectivity index (χ2v) is 10.4. The summed E-state index contributed by atoms with van der Waals surface area (Å²) in [5.74, 6) is 0. The largest absolute Gasteiger partial charge is 0.238 e. The fourth-order valence-corrected chi connectivity index (χ4v) is 6.18. The number of aromatic nitrogens is 2. The number of rotatable bonds is 5. The Morgan fingerprint density at radius 2 is 0.756 bits per heavy atom. The summed E-state index contributed by atoms with van der Waals surface area (Å²) in [6.45, 7) is 0. The fourth-order valence-electron chi connectivity index (χ4n) is 6.18. The highest BCUT2D eigenvalue weighted by Crippen LogP contribution is 2.13. The number of aryl methyl sites for hydroxylation is 1. The van der Waals surface area contributed by atoms with Crippen LogP contribution in [0.1, 0.15) is 0 Å². The summed E-state index contributed by atoms with van der Waals surface area (Å²) in [5.41, 5.74) is 7.78. The molecule has 7 aromatic rings. The van der Waals surface area contributed by atoms with E-state index in [4.69, 9.17) is 0 Å². The van der Waals surface area contributed by atoms with Crippen LogP contribution < -0.4 is 26.5 Å². The van der Waals surface area contributed by atoms with Gasteiger partial charge in [0.1, 0.15) is 11.8 Å². The highest BCUT2D eigenvalue weighted by molar-refractivity contribution is 7.19. The molecule has 198 valence electrons. The third-order valence-electron chi connectivity index (χ3n) is 8.09. The lowest BCUT2D eigenvalue weighted by molar-refractivity contribution is -0.720. The molecule has 0 spiro atoms. The minimum atomic E-state index is -1.22. The highest BCUT2D eigenvalue weighted by Gasteiger charge is 2.31. The number of para-hydroxylation sites is 2. The van der Waals surface area contributed by atoms with Gasteiger partial charge in [-0.3, -0.25) is 0 Å². The quantitative estimate of drug-likeness (QED) is 0.206. The third kappa shape index (κ3) is 5.10. The molecule has 1 heterocycles. The number of nitrogens with zero attached hydrogens (tertiary/aromatic N) is 2. The van der Waals surface area contributed by atoms with Crippen molar-refractivity contribution in [2.75, 3.05) is 0 Å². The van der Waals surface area contributed by atoms with E-state index >= 15 is 0 Å². The molecule has 0 saturated heterocycles. The summed E-state index contributed by atoms with van der Waals surface area (Å²) < 4.78 is 4.31. The van der Waals surface area contributed by atoms with Gasteiger partial charge in [0.15, 0.2) is 7.05 Å². The molecule has 6 aromatic carbocycles. The molecule has 0 fully saturated rings. The van der Waals surface area contributed by atoms with Crippen molar-refractivity contribution in [2.45, 2.75) is 0 Å². The Hall–Kier alpha value is -5.15. The van der Waals surface area contributed by atoms with Crippen molar-refractivity contribution in [3.8, 4) is 5.69 Å². The van der Waals surface area contributed by atoms with Crippen molar-refractivity contribution in [2.24, 2.45) is 7.05 Å². The number of hydrogen-bond acceptors (Lipinski definition) is 0. The van der Waals surface area contributed by atoms with Crippen molar-refractivity contribution in [3.63, 3.8) is 0 Å². The van der Waals surface area contributed by atoms with Crippen LogP contribution >= 0.6 is 0 Å². The summed E-state index contributed by atoms with van der Waals surface area (Å²) in [6, 6.07) is 62.3. The number of benzene rings is 6. The average Bonchev–Trinajstić information content (AvgIpc) is 3.40. The van der Waals surface area contributed by atoms with Crippen molar-refractivity contribution < 1.29 is 4.68 Å². The fraction of sp³-hybridized carbons (Fsp3) is 0.0263. The summed E-state index contributed by atoms with van der Waals surface area (Å²) in [6.07, 6.45) is 0.942. The summed E-state index contributed by atoms with van der Waals surface area (Å²) in [7, 11) is 2.08. The van der Waals surface area contributed by atoms with Crippen LogP contribution in [0.25, 0.3) is 16.6 Å². The molecule has 2 nitrogen and oxygen atoms in total. The monoisotopic (exact) mass is 528 g/mol. The van der Waals surface area contributed by atoms with Gasteiger partial charge >= 0.3 is 0 Å². The smallest absolute Gasteiger partial charge is 0.195 e. The Morgan fingerprint density at radius 3 is 1.15 bits per heavy atom. The Kier molecular flexibility index (Phi) is 7.60. The highest BCUT2D eigenvalue weighted by atomic mass is 15.4. The predicted molar refractivity (Wildman–Crippen MR) is 175 cm³/mol. The molecule has 0 unspecified atom stereocenters. The van der Waals surface area contributed by atoms with Gasteiger partial charge in [-0.2, -0.15) is 21.9 Å². The standard InChI is InChI=1S/C24H20B.C14H13N2/c1-5-13-21(14-6-1)25(22-15-7-2-8-16-22,23-17-9-3-10-18-23)24-19-11-4-12-20-24;1-15-14-10-6-5-7-12(14)11-16(15)13-8-3-2-4-9-13/h1-20H;2-11H,1H3/q-1;+1. The summed E-state index contributed by atoms with van der Waals surface area (Å²) >= 11 is 0. The molecule has 0 radical (unpaired) electrons. The third-order valence-corrected chi connectivity index (χ3v) is 8.09. The summed E-state index contributed by atoms with van der Waals surface area (Å²) in [5, 5.41) is 1.26. The summed E-state index contributed by atoms with van der Waals surface area (Å²) in [4.78, 5) is 0. The van der Waals surface area contributed by atoms with Crippen LogP contribution in [0, 0.1) is 0 Å². The minimum Gasteiger partial charge on any atom is -0.195 e. The molecule has 0 atom stereocenters. The molecule has 0 amide bonds. The first kappa shape index (κ1) is 26.1. The molecule has 0 aliphatic rings. The van der Waals surface area contributed by atoms with E-state index in [1.165, 1.54) is 38.4 Å². The zero-order valence-electron chi connectivity index (χ0n) is 23.3. The molecule has 0 bridgehead atoms. The molecular formula is C38H33BN2. The van der Waals surface area contributed by atoms with Gasteiger partial charge in [-0.05, 0) is 18.2 Å². The molecule has 3 heteroatoms. The molecule has 0 aliphatic heterocycles. The van der Waals surface area contributed by atoms with Crippen LogP contribution in [0.2, 0.25) is 0 Å². The average molecular weight is 529 g/mol. The first-order chi connectivity index (χ1) is 20.3. The van der Waals surface area contributed by atoms with Crippen LogP contribution in [0.3, 0.4) is 0 Å². The second-order valence-electron chi connectivity index (χ2n) is 10.4. The van der Waals surface area contributed by atoms with E-state index in [2.05, 4.69) is 192 Å². The van der Waals surface area contributed by atoms with E-state index in [-0.39, 0.29) is 0 Å². The van der Waals surface area contributed by atoms with Gasteiger partial charge in [-0.25, -0.2) is 0 Å². The van der Waals surface area contributed by atoms with E-state index < -0.39 is 6.15 Å². The first-order valence-electron chi connectivity index (χ1n) is 14.2. The van der Waals surface area contributed by atoms with Crippen molar-refractivity contribution in [1.82, 2.24) is 4.68 Å². The Morgan fingerprint density at radius 1 is 0.415 bits per heavy atom. The first-order valence-corrected chi connectivity index (χ1v) is 14.2. The van der Waals surface area contributed by atoms with Gasteiger partial charge in [0.05, 0.1) is 11.6 Å². The maximum absolute atomic E-state index is 2.26. The zero-order valence-corrected chi connectivity index (χ0v) is 23.3. The van der Waals surface area contributed by atoms with E-state index in [1.807, 2.05) is 6.07 Å². The Labute approximate surface area is 242 Å². The Bertz CT molecular complexity index is 1650. The maximum Gasteiger partial charge on any atom is 0.238 e. The lowest BCUT2D eigenvalue weighted by atomic mass is 9.13. The number of fused-ring (bicyclic) bond motifs is 1. The van der Waals surface area contributed by atoms with Crippen LogP contribution in [-0.2, 0) is 7.05 Å². The van der Waals surface area contributed by atoms with Crippen molar-refractivity contribution in [1.29, 1.82) is 0 Å². The van der Waals surface area contributed by atoms with E-state index in [1.54, 1.807) is 0 Å². The second kappa shape index (κ2) is 11.9. The van der Waals surface area contributed by atoms with E-state index in [0.29, 0.717) is 0 Å². The predicted octanol–water partition coefficient (Wildman–Crippen LogP) is 5.52. The van der Waals surface area contributed by atoms with E-state index in [9.17, 15) is 0 Å². The lowest BCUT2D eigenvalue weighted by Gasteiger charge is -2.44. The van der Waals surface area contributed by atoms with Crippen LogP contribution in [0.5, 0.6) is 0 Å². The number of hydrogen-bond donors (Lipinski definition) is 0. The Balaban J connectivity index is 0.000000162. The van der Waals surface area contributed by atoms with E-state index in [0.717, 1.165) is 0 Å². The van der Waals surface area contributed by atoms with Gasteiger partial charge in [-0.1, -0.05) is 152 Å². The molecular weight excluding hydrogens is 495 g/mol. The van der Waals surface area contributed by atoms with Gasteiger partial charge < -0.3 is 0 Å². The SMILES string of the molecule is C[n+]1c2ccccc2cn1-c1ccccc1.c1ccc([B-](c2ccccc2)(c2ccccc2)c2ccccc2)cc1. The van der Waals surface area contributed by atoms with Gasteiger partial charge in [0, 0.05) is 6.07 Å². The van der Waals surface area contributed by atoms with Crippen LogP contribution in [0.4, 0.5) is 0 Å². The molecule has 0 saturated carbocycles. The lowest BCUT2D eigenvalue weighted by Crippen LogP contribution is -2.74. The zero-order chi connectivity index (χ0) is 27.9. The molecule has 41 heavy (non-hydrogen) atoms. The van der Waals surface area contributed by atoms with Crippen molar-refractivity contribution in [3.05, 3.63) is 182 Å². The van der Waals surface area contributed by atoms with Crippen LogP contribution in [0.15, 0.2) is 182 Å². The maximum atomic E-state index is 2.26.